The van der Waals surface area contributed by atoms with Crippen molar-refractivity contribution in [2.24, 2.45) is 0 Å². The van der Waals surface area contributed by atoms with E-state index in [1.807, 2.05) is 30.3 Å². The Balaban J connectivity index is 1.56. The van der Waals surface area contributed by atoms with Crippen LogP contribution in [0.25, 0.3) is 0 Å². The highest BCUT2D eigenvalue weighted by Crippen LogP contribution is 2.38. The average Bonchev–Trinajstić information content (AvgIpc) is 2.95. The van der Waals surface area contributed by atoms with E-state index in [1.54, 1.807) is 20.8 Å². The van der Waals surface area contributed by atoms with E-state index in [4.69, 9.17) is 9.47 Å². The highest BCUT2D eigenvalue weighted by atomic mass is 19.1. The van der Waals surface area contributed by atoms with Crippen molar-refractivity contribution in [2.75, 3.05) is 0 Å². The Morgan fingerprint density at radius 3 is 2.59 bits per heavy atom. The quantitative estimate of drug-likeness (QED) is 0.869. The van der Waals surface area contributed by atoms with Crippen LogP contribution < -0.4 is 5.32 Å². The largest absolute Gasteiger partial charge is 0.445 e. The van der Waals surface area contributed by atoms with Crippen molar-refractivity contribution in [3.63, 3.8) is 0 Å². The number of carbonyl (C=O) groups excluding carboxylic acids is 2. The molecule has 2 aliphatic rings. The van der Waals surface area contributed by atoms with E-state index >= 15 is 0 Å². The van der Waals surface area contributed by atoms with Crippen LogP contribution in [0, 0.1) is 0 Å². The van der Waals surface area contributed by atoms with Gasteiger partial charge < -0.3 is 14.8 Å². The number of fused-ring (bicyclic) bond motifs is 2. The van der Waals surface area contributed by atoms with E-state index < -0.39 is 36.0 Å². The third kappa shape index (κ3) is 4.70. The summed E-state index contributed by atoms with van der Waals surface area (Å²) in [6.45, 7) is 5.50. The van der Waals surface area contributed by atoms with Gasteiger partial charge in [0.25, 0.3) is 0 Å². The first kappa shape index (κ1) is 19.5. The van der Waals surface area contributed by atoms with Crippen LogP contribution >= 0.6 is 0 Å². The van der Waals surface area contributed by atoms with Crippen molar-refractivity contribution in [1.29, 1.82) is 0 Å². The molecule has 0 unspecified atom stereocenters. The first-order valence-corrected chi connectivity index (χ1v) is 9.37. The van der Waals surface area contributed by atoms with Crippen LogP contribution in [0.5, 0.6) is 0 Å². The van der Waals surface area contributed by atoms with Crippen LogP contribution in [-0.2, 0) is 16.1 Å². The molecule has 0 spiro atoms. The molecule has 0 radical (unpaired) electrons. The molecule has 2 aliphatic heterocycles. The summed E-state index contributed by atoms with van der Waals surface area (Å²) in [5, 5.41) is 2.63. The summed E-state index contributed by atoms with van der Waals surface area (Å²) in [6.07, 6.45) is -0.832. The van der Waals surface area contributed by atoms with Gasteiger partial charge in [0.15, 0.2) is 0 Å². The van der Waals surface area contributed by atoms with E-state index in [2.05, 4.69) is 5.32 Å². The Morgan fingerprint density at radius 2 is 1.93 bits per heavy atom. The van der Waals surface area contributed by atoms with Crippen LogP contribution in [0.2, 0.25) is 0 Å². The van der Waals surface area contributed by atoms with Crippen molar-refractivity contribution >= 4 is 12.2 Å². The summed E-state index contributed by atoms with van der Waals surface area (Å²) in [7, 11) is 0. The molecule has 0 saturated carbocycles. The van der Waals surface area contributed by atoms with Crippen molar-refractivity contribution in [1.82, 2.24) is 10.2 Å². The molecule has 2 saturated heterocycles. The van der Waals surface area contributed by atoms with Crippen LogP contribution in [0.15, 0.2) is 30.3 Å². The van der Waals surface area contributed by atoms with Crippen molar-refractivity contribution in [2.45, 2.75) is 76.5 Å². The second-order valence-corrected chi connectivity index (χ2v) is 8.18. The molecule has 0 aromatic heterocycles. The van der Waals surface area contributed by atoms with Crippen molar-refractivity contribution in [3.8, 4) is 0 Å². The summed E-state index contributed by atoms with van der Waals surface area (Å²) < 4.78 is 25.6. The zero-order chi connectivity index (χ0) is 19.6. The van der Waals surface area contributed by atoms with Crippen molar-refractivity contribution in [3.05, 3.63) is 35.9 Å². The van der Waals surface area contributed by atoms with Gasteiger partial charge in [-0.2, -0.15) is 0 Å². The fourth-order valence-electron chi connectivity index (χ4n) is 3.80. The maximum Gasteiger partial charge on any atom is 0.410 e. The molecule has 6 nitrogen and oxygen atoms in total. The Kier molecular flexibility index (Phi) is 5.58. The summed E-state index contributed by atoms with van der Waals surface area (Å²) in [4.78, 5) is 26.0. The number of halogens is 1. The molecule has 4 atom stereocenters. The van der Waals surface area contributed by atoms with Gasteiger partial charge in [-0.25, -0.2) is 14.0 Å². The number of rotatable bonds is 3. The van der Waals surface area contributed by atoms with Gasteiger partial charge in [0.2, 0.25) is 0 Å². The number of amides is 2. The van der Waals surface area contributed by atoms with Crippen LogP contribution in [-0.4, -0.2) is 47.0 Å². The highest BCUT2D eigenvalue weighted by Gasteiger charge is 2.51. The van der Waals surface area contributed by atoms with Gasteiger partial charge in [-0.05, 0) is 45.6 Å². The normalized spacial score (nSPS) is 27.2. The minimum absolute atomic E-state index is 0.128. The number of nitrogens with zero attached hydrogens (tertiary/aromatic N) is 1. The van der Waals surface area contributed by atoms with Gasteiger partial charge in [0.05, 0.1) is 12.1 Å². The fraction of sp³-hybridized carbons (Fsp3) is 0.600. The predicted octanol–water partition coefficient (Wildman–Crippen LogP) is 3.79. The number of hydrogen-bond donors (Lipinski definition) is 1. The van der Waals surface area contributed by atoms with E-state index in [9.17, 15) is 14.0 Å². The van der Waals surface area contributed by atoms with Crippen LogP contribution in [0.1, 0.15) is 45.6 Å². The molecular weight excluding hydrogens is 351 g/mol. The molecule has 2 amide bonds. The van der Waals surface area contributed by atoms with E-state index in [0.29, 0.717) is 19.3 Å². The van der Waals surface area contributed by atoms with Crippen molar-refractivity contribution < 1.29 is 23.5 Å². The van der Waals surface area contributed by atoms with Crippen LogP contribution in [0.4, 0.5) is 14.0 Å². The van der Waals surface area contributed by atoms with Gasteiger partial charge in [-0.1, -0.05) is 30.3 Å². The SMILES string of the molecule is CC(C)(C)OC(=O)N1[C@@H]2CC[C@H]1[C@@H](F)[C@@H](NC(=O)OCc1ccccc1)C2. The standard InChI is InChI=1S/C20H27FN2O4/c1-20(2,3)27-19(25)23-14-9-10-16(23)17(21)15(11-14)22-18(24)26-12-13-7-5-4-6-8-13/h4-8,14-17H,9-12H2,1-3H3,(H,22,24)/t14-,15+,16+,17+/m1/s1. The lowest BCUT2D eigenvalue weighted by molar-refractivity contribution is -0.0133. The number of alkyl carbamates (subject to hydrolysis) is 1. The van der Waals surface area contributed by atoms with Gasteiger partial charge in [0, 0.05) is 6.04 Å². The summed E-state index contributed by atoms with van der Waals surface area (Å²) in [5.74, 6) is 0. The molecule has 1 aromatic carbocycles. The molecule has 2 bridgehead atoms. The Labute approximate surface area is 159 Å². The fourth-order valence-corrected chi connectivity index (χ4v) is 3.80. The number of piperidine rings is 1. The first-order chi connectivity index (χ1) is 12.7. The highest BCUT2D eigenvalue weighted by molar-refractivity contribution is 5.70. The average molecular weight is 378 g/mol. The smallest absolute Gasteiger partial charge is 0.410 e. The van der Waals surface area contributed by atoms with Gasteiger partial charge >= 0.3 is 12.2 Å². The predicted molar refractivity (Wildman–Crippen MR) is 97.9 cm³/mol. The number of nitrogens with one attached hydrogen (secondary N) is 1. The summed E-state index contributed by atoms with van der Waals surface area (Å²) in [5.41, 5.74) is 0.239. The summed E-state index contributed by atoms with van der Waals surface area (Å²) >= 11 is 0. The minimum Gasteiger partial charge on any atom is -0.445 e. The minimum atomic E-state index is -1.35. The lowest BCUT2D eigenvalue weighted by atomic mass is 9.96. The lowest BCUT2D eigenvalue weighted by Crippen LogP contribution is -2.60. The molecule has 1 N–H and O–H groups in total. The molecule has 7 heteroatoms. The Hall–Kier alpha value is -2.31. The maximum absolute atomic E-state index is 15.0. The second-order valence-electron chi connectivity index (χ2n) is 8.18. The van der Waals surface area contributed by atoms with Gasteiger partial charge in [-0.15, -0.1) is 0 Å². The first-order valence-electron chi connectivity index (χ1n) is 9.37. The molecule has 1 aromatic rings. The molecular formula is C20H27FN2O4. The van der Waals surface area contributed by atoms with E-state index in [1.165, 1.54) is 4.90 Å². The third-order valence-electron chi connectivity index (χ3n) is 4.94. The molecule has 27 heavy (non-hydrogen) atoms. The number of benzene rings is 1. The van der Waals surface area contributed by atoms with Crippen LogP contribution in [0.3, 0.4) is 0 Å². The molecule has 2 fully saturated rings. The zero-order valence-electron chi connectivity index (χ0n) is 16.0. The molecule has 3 rings (SSSR count). The number of ether oxygens (including phenoxy) is 2. The van der Waals surface area contributed by atoms with Gasteiger partial charge in [0.1, 0.15) is 18.4 Å². The van der Waals surface area contributed by atoms with E-state index in [-0.39, 0.29) is 12.6 Å². The molecule has 148 valence electrons. The number of alkyl halides is 1. The zero-order valence-corrected chi connectivity index (χ0v) is 16.0. The number of hydrogen-bond acceptors (Lipinski definition) is 4. The van der Waals surface area contributed by atoms with Gasteiger partial charge in [-0.3, -0.25) is 4.90 Å². The topological polar surface area (TPSA) is 67.9 Å². The van der Waals surface area contributed by atoms with E-state index in [0.717, 1.165) is 5.56 Å². The lowest BCUT2D eigenvalue weighted by Gasteiger charge is -2.41. The maximum atomic E-state index is 15.0. The number of carbonyl (C=O) groups is 2. The second kappa shape index (κ2) is 7.74. The molecule has 0 aliphatic carbocycles. The third-order valence-corrected chi connectivity index (χ3v) is 4.94. The monoisotopic (exact) mass is 378 g/mol. The molecule has 2 heterocycles. The Bertz CT molecular complexity index is 676. The Morgan fingerprint density at radius 1 is 1.22 bits per heavy atom. The summed E-state index contributed by atoms with van der Waals surface area (Å²) in [6, 6.07) is 7.94.